The minimum Gasteiger partial charge on any atom is -0.351 e. The Bertz CT molecular complexity index is 561. The van der Waals surface area contributed by atoms with Gasteiger partial charge in [-0.2, -0.15) is 0 Å². The second-order valence-corrected chi connectivity index (χ2v) is 4.78. The van der Waals surface area contributed by atoms with Crippen molar-refractivity contribution in [2.45, 2.75) is 20.0 Å². The first-order valence-electron chi connectivity index (χ1n) is 6.55. The van der Waals surface area contributed by atoms with Gasteiger partial charge < -0.3 is 16.4 Å². The van der Waals surface area contributed by atoms with Crippen molar-refractivity contribution in [1.29, 1.82) is 0 Å². The van der Waals surface area contributed by atoms with Crippen molar-refractivity contribution in [3.8, 4) is 0 Å². The van der Waals surface area contributed by atoms with Gasteiger partial charge in [0.15, 0.2) is 0 Å². The summed E-state index contributed by atoms with van der Waals surface area (Å²) in [5.74, 6) is 0. The molecule has 0 atom stereocenters. The van der Waals surface area contributed by atoms with Crippen molar-refractivity contribution in [2.75, 3.05) is 5.32 Å². The van der Waals surface area contributed by atoms with Gasteiger partial charge in [0.05, 0.1) is 0 Å². The summed E-state index contributed by atoms with van der Waals surface area (Å²) in [5.41, 5.74) is 9.46. The minimum atomic E-state index is -0.546. The van der Waals surface area contributed by atoms with Crippen molar-refractivity contribution in [3.63, 3.8) is 0 Å². The molecule has 0 aliphatic heterocycles. The van der Waals surface area contributed by atoms with Gasteiger partial charge in [-0.1, -0.05) is 42.0 Å². The lowest BCUT2D eigenvalue weighted by Crippen LogP contribution is -2.19. The maximum absolute atomic E-state index is 10.7. The van der Waals surface area contributed by atoms with Crippen LogP contribution in [0.15, 0.2) is 48.5 Å². The monoisotopic (exact) mass is 269 g/mol. The second-order valence-electron chi connectivity index (χ2n) is 4.78. The van der Waals surface area contributed by atoms with Gasteiger partial charge in [-0.05, 0) is 30.2 Å². The summed E-state index contributed by atoms with van der Waals surface area (Å²) in [6, 6.07) is 15.5. The van der Waals surface area contributed by atoms with E-state index in [0.29, 0.717) is 5.69 Å². The van der Waals surface area contributed by atoms with Gasteiger partial charge in [-0.15, -0.1) is 0 Å². The summed E-state index contributed by atoms with van der Waals surface area (Å²) < 4.78 is 0. The van der Waals surface area contributed by atoms with Crippen molar-refractivity contribution in [1.82, 2.24) is 5.32 Å². The Labute approximate surface area is 119 Å². The van der Waals surface area contributed by atoms with E-state index in [0.717, 1.165) is 18.7 Å². The predicted molar refractivity (Wildman–Crippen MR) is 81.4 cm³/mol. The van der Waals surface area contributed by atoms with Crippen molar-refractivity contribution < 1.29 is 4.79 Å². The Morgan fingerprint density at radius 1 is 0.950 bits per heavy atom. The molecule has 0 aromatic heterocycles. The third-order valence-corrected chi connectivity index (χ3v) is 3.00. The molecule has 2 amide bonds. The van der Waals surface area contributed by atoms with Gasteiger partial charge in [0.1, 0.15) is 0 Å². The van der Waals surface area contributed by atoms with Crippen LogP contribution in [0.3, 0.4) is 0 Å². The lowest BCUT2D eigenvalue weighted by molar-refractivity contribution is 0.259. The van der Waals surface area contributed by atoms with E-state index >= 15 is 0 Å². The fourth-order valence-corrected chi connectivity index (χ4v) is 1.91. The zero-order valence-corrected chi connectivity index (χ0v) is 11.5. The number of urea groups is 1. The van der Waals surface area contributed by atoms with Gasteiger partial charge in [-0.25, -0.2) is 4.79 Å². The van der Waals surface area contributed by atoms with Gasteiger partial charge in [-0.3, -0.25) is 0 Å². The summed E-state index contributed by atoms with van der Waals surface area (Å²) in [6.45, 7) is 3.70. The Kier molecular flexibility index (Phi) is 4.74. The zero-order chi connectivity index (χ0) is 14.4. The molecule has 0 saturated carbocycles. The highest BCUT2D eigenvalue weighted by Crippen LogP contribution is 2.09. The molecule has 0 saturated heterocycles. The number of primary amides is 1. The third kappa shape index (κ3) is 4.40. The normalized spacial score (nSPS) is 10.2. The lowest BCUT2D eigenvalue weighted by Gasteiger charge is -2.07. The second kappa shape index (κ2) is 6.73. The van der Waals surface area contributed by atoms with E-state index in [1.807, 2.05) is 24.3 Å². The summed E-state index contributed by atoms with van der Waals surface area (Å²) in [6.07, 6.45) is 0. The summed E-state index contributed by atoms with van der Waals surface area (Å²) >= 11 is 0. The molecule has 0 heterocycles. The molecule has 4 nitrogen and oxygen atoms in total. The van der Waals surface area contributed by atoms with Crippen LogP contribution in [-0.4, -0.2) is 6.03 Å². The van der Waals surface area contributed by atoms with Crippen LogP contribution in [-0.2, 0) is 13.1 Å². The van der Waals surface area contributed by atoms with E-state index in [2.05, 4.69) is 41.8 Å². The van der Waals surface area contributed by atoms with E-state index in [9.17, 15) is 4.79 Å². The van der Waals surface area contributed by atoms with E-state index < -0.39 is 6.03 Å². The van der Waals surface area contributed by atoms with Crippen molar-refractivity contribution in [2.24, 2.45) is 5.73 Å². The van der Waals surface area contributed by atoms with Crippen LogP contribution < -0.4 is 16.4 Å². The molecular weight excluding hydrogens is 250 g/mol. The largest absolute Gasteiger partial charge is 0.351 e. The maximum atomic E-state index is 10.7. The molecule has 0 aliphatic rings. The minimum absolute atomic E-state index is 0.546. The Morgan fingerprint density at radius 2 is 1.45 bits per heavy atom. The molecule has 2 aromatic rings. The average molecular weight is 269 g/mol. The number of benzene rings is 2. The number of amides is 2. The third-order valence-electron chi connectivity index (χ3n) is 3.00. The number of nitrogens with one attached hydrogen (secondary N) is 2. The number of hydrogen-bond acceptors (Lipinski definition) is 2. The van der Waals surface area contributed by atoms with Crippen molar-refractivity contribution >= 4 is 11.7 Å². The van der Waals surface area contributed by atoms with Crippen LogP contribution in [0.4, 0.5) is 10.5 Å². The smallest absolute Gasteiger partial charge is 0.316 e. The van der Waals surface area contributed by atoms with Crippen LogP contribution in [0.5, 0.6) is 0 Å². The molecule has 0 aliphatic carbocycles. The molecule has 2 rings (SSSR count). The van der Waals surface area contributed by atoms with E-state index in [1.165, 1.54) is 11.1 Å². The number of anilines is 1. The number of carbonyl (C=O) groups excluding carboxylic acids is 1. The Morgan fingerprint density at radius 3 is 1.95 bits per heavy atom. The fraction of sp³-hybridized carbons (Fsp3) is 0.188. The number of aryl methyl sites for hydroxylation is 1. The fourth-order valence-electron chi connectivity index (χ4n) is 1.91. The number of carbonyl (C=O) groups is 1. The zero-order valence-electron chi connectivity index (χ0n) is 11.5. The summed E-state index contributed by atoms with van der Waals surface area (Å²) in [5, 5.41) is 5.92. The summed E-state index contributed by atoms with van der Waals surface area (Å²) in [7, 11) is 0. The predicted octanol–water partition coefficient (Wildman–Crippen LogP) is 2.78. The number of nitrogens with two attached hydrogens (primary N) is 1. The van der Waals surface area contributed by atoms with Crippen LogP contribution >= 0.6 is 0 Å². The van der Waals surface area contributed by atoms with Gasteiger partial charge in [0.2, 0.25) is 0 Å². The SMILES string of the molecule is Cc1ccc(CNCc2ccc(NC(N)=O)cc2)cc1. The topological polar surface area (TPSA) is 67.2 Å². The van der Waals surface area contributed by atoms with E-state index in [1.54, 1.807) is 0 Å². The molecule has 104 valence electrons. The first kappa shape index (κ1) is 14.1. The molecule has 4 N–H and O–H groups in total. The first-order valence-corrected chi connectivity index (χ1v) is 6.55. The van der Waals surface area contributed by atoms with Gasteiger partial charge >= 0.3 is 6.03 Å². The molecule has 0 spiro atoms. The molecule has 0 bridgehead atoms. The van der Waals surface area contributed by atoms with Gasteiger partial charge in [0, 0.05) is 18.8 Å². The maximum Gasteiger partial charge on any atom is 0.316 e. The molecule has 2 aromatic carbocycles. The van der Waals surface area contributed by atoms with Crippen LogP contribution in [0.25, 0.3) is 0 Å². The highest BCUT2D eigenvalue weighted by atomic mass is 16.2. The molecule has 0 radical (unpaired) electrons. The van der Waals surface area contributed by atoms with Crippen LogP contribution in [0, 0.1) is 6.92 Å². The summed E-state index contributed by atoms with van der Waals surface area (Å²) in [4.78, 5) is 10.7. The van der Waals surface area contributed by atoms with Gasteiger partial charge in [0.25, 0.3) is 0 Å². The molecular formula is C16H19N3O. The quantitative estimate of drug-likeness (QED) is 0.781. The average Bonchev–Trinajstić information content (AvgIpc) is 2.42. The molecule has 20 heavy (non-hydrogen) atoms. The van der Waals surface area contributed by atoms with E-state index in [-0.39, 0.29) is 0 Å². The standard InChI is InChI=1S/C16H19N3O/c1-12-2-4-13(5-3-12)10-18-11-14-6-8-15(9-7-14)19-16(17)20/h2-9,18H,10-11H2,1H3,(H3,17,19,20). The van der Waals surface area contributed by atoms with E-state index in [4.69, 9.17) is 5.73 Å². The lowest BCUT2D eigenvalue weighted by atomic mass is 10.1. The van der Waals surface area contributed by atoms with Crippen LogP contribution in [0.2, 0.25) is 0 Å². The van der Waals surface area contributed by atoms with Crippen LogP contribution in [0.1, 0.15) is 16.7 Å². The highest BCUT2D eigenvalue weighted by molar-refractivity contribution is 5.87. The van der Waals surface area contributed by atoms with Crippen molar-refractivity contribution in [3.05, 3.63) is 65.2 Å². The highest BCUT2D eigenvalue weighted by Gasteiger charge is 1.97. The Balaban J connectivity index is 1.82. The molecule has 0 unspecified atom stereocenters. The Hall–Kier alpha value is -2.33. The molecule has 0 fully saturated rings. The first-order chi connectivity index (χ1) is 9.63. The number of rotatable bonds is 5. The molecule has 4 heteroatoms. The number of hydrogen-bond donors (Lipinski definition) is 3.